The van der Waals surface area contributed by atoms with Crippen molar-refractivity contribution in [2.45, 2.75) is 26.2 Å². The van der Waals surface area contributed by atoms with Crippen LogP contribution in [0.1, 0.15) is 30.2 Å². The summed E-state index contributed by atoms with van der Waals surface area (Å²) in [4.78, 5) is 4.50. The van der Waals surface area contributed by atoms with E-state index in [0.29, 0.717) is 28.7 Å². The lowest BCUT2D eigenvalue weighted by atomic mass is 9.82. The van der Waals surface area contributed by atoms with Gasteiger partial charge in [0.2, 0.25) is 5.75 Å². The number of hydrogen-bond donors (Lipinski definition) is 1. The van der Waals surface area contributed by atoms with E-state index < -0.39 is 0 Å². The maximum Gasteiger partial charge on any atom is 0.203 e. The standard InChI is InChI=1S/C20H23N3O3/c1-11-5-7-15-13(9-11)17(14(10-21)20(22)23-15)12-6-8-16(24-2)19(26-4)18(12)25-3/h6,8,11H,5,7,9H2,1-4H3,(H2,22,23). The zero-order valence-electron chi connectivity index (χ0n) is 15.5. The van der Waals surface area contributed by atoms with Gasteiger partial charge in [-0.1, -0.05) is 6.92 Å². The lowest BCUT2D eigenvalue weighted by Crippen LogP contribution is -2.17. The van der Waals surface area contributed by atoms with Crippen molar-refractivity contribution in [1.82, 2.24) is 4.98 Å². The minimum Gasteiger partial charge on any atom is -0.493 e. The second kappa shape index (κ2) is 7.12. The van der Waals surface area contributed by atoms with Gasteiger partial charge in [-0.15, -0.1) is 0 Å². The highest BCUT2D eigenvalue weighted by Crippen LogP contribution is 2.47. The number of benzene rings is 1. The highest BCUT2D eigenvalue weighted by atomic mass is 16.5. The Balaban J connectivity index is 2.37. The molecule has 0 bridgehead atoms. The molecule has 0 amide bonds. The normalized spacial score (nSPS) is 15.7. The first-order valence-electron chi connectivity index (χ1n) is 8.56. The van der Waals surface area contributed by atoms with Crippen LogP contribution in [0, 0.1) is 17.2 Å². The van der Waals surface area contributed by atoms with Crippen molar-refractivity contribution in [1.29, 1.82) is 5.26 Å². The van der Waals surface area contributed by atoms with Crippen LogP contribution < -0.4 is 19.9 Å². The molecule has 2 N–H and O–H groups in total. The van der Waals surface area contributed by atoms with E-state index in [0.717, 1.165) is 41.6 Å². The van der Waals surface area contributed by atoms with E-state index in [9.17, 15) is 5.26 Å². The highest BCUT2D eigenvalue weighted by molar-refractivity contribution is 5.85. The number of rotatable bonds is 4. The summed E-state index contributed by atoms with van der Waals surface area (Å²) in [6, 6.07) is 5.93. The summed E-state index contributed by atoms with van der Waals surface area (Å²) >= 11 is 0. The van der Waals surface area contributed by atoms with Crippen LogP contribution >= 0.6 is 0 Å². The summed E-state index contributed by atoms with van der Waals surface area (Å²) in [7, 11) is 4.71. The number of aromatic nitrogens is 1. The number of methoxy groups -OCH3 is 3. The van der Waals surface area contributed by atoms with Gasteiger partial charge in [-0.3, -0.25) is 0 Å². The number of anilines is 1. The van der Waals surface area contributed by atoms with Gasteiger partial charge in [-0.2, -0.15) is 5.26 Å². The predicted octanol–water partition coefficient (Wildman–Crippen LogP) is 3.35. The highest BCUT2D eigenvalue weighted by Gasteiger charge is 2.28. The Hall–Kier alpha value is -2.94. The van der Waals surface area contributed by atoms with E-state index >= 15 is 0 Å². The maximum absolute atomic E-state index is 9.75. The Labute approximate surface area is 153 Å². The van der Waals surface area contributed by atoms with Gasteiger partial charge in [0.05, 0.1) is 21.3 Å². The molecule has 1 heterocycles. The third kappa shape index (κ3) is 2.80. The first-order chi connectivity index (χ1) is 12.5. The van der Waals surface area contributed by atoms with E-state index in [2.05, 4.69) is 18.0 Å². The molecule has 26 heavy (non-hydrogen) atoms. The van der Waals surface area contributed by atoms with Crippen molar-refractivity contribution < 1.29 is 14.2 Å². The average molecular weight is 353 g/mol. The Kier molecular flexibility index (Phi) is 4.90. The third-order valence-corrected chi connectivity index (χ3v) is 4.92. The number of hydrogen-bond acceptors (Lipinski definition) is 6. The average Bonchev–Trinajstić information content (AvgIpc) is 2.65. The fourth-order valence-corrected chi connectivity index (χ4v) is 3.66. The molecular weight excluding hydrogens is 330 g/mol. The van der Waals surface area contributed by atoms with Crippen molar-refractivity contribution in [2.24, 2.45) is 5.92 Å². The molecule has 1 aromatic carbocycles. The number of aryl methyl sites for hydroxylation is 1. The molecule has 0 fully saturated rings. The largest absolute Gasteiger partial charge is 0.493 e. The smallest absolute Gasteiger partial charge is 0.203 e. The van der Waals surface area contributed by atoms with E-state index in [-0.39, 0.29) is 5.82 Å². The first-order valence-corrected chi connectivity index (χ1v) is 8.56. The molecule has 0 radical (unpaired) electrons. The molecule has 0 saturated carbocycles. The molecule has 1 aliphatic carbocycles. The van der Waals surface area contributed by atoms with E-state index in [1.54, 1.807) is 21.3 Å². The summed E-state index contributed by atoms with van der Waals surface area (Å²) < 4.78 is 16.5. The molecular formula is C20H23N3O3. The zero-order chi connectivity index (χ0) is 18.8. The van der Waals surface area contributed by atoms with Gasteiger partial charge in [-0.25, -0.2) is 4.98 Å². The topological polar surface area (TPSA) is 90.4 Å². The van der Waals surface area contributed by atoms with Crippen LogP contribution in [0.3, 0.4) is 0 Å². The van der Waals surface area contributed by atoms with Crippen LogP contribution in [0.15, 0.2) is 12.1 Å². The molecule has 6 heteroatoms. The second-order valence-electron chi connectivity index (χ2n) is 6.51. The van der Waals surface area contributed by atoms with Crippen LogP contribution in [-0.4, -0.2) is 26.3 Å². The number of ether oxygens (including phenoxy) is 3. The fraction of sp³-hybridized carbons (Fsp3) is 0.400. The fourth-order valence-electron chi connectivity index (χ4n) is 3.66. The van der Waals surface area contributed by atoms with Crippen molar-refractivity contribution in [2.75, 3.05) is 27.1 Å². The molecule has 1 atom stereocenters. The summed E-state index contributed by atoms with van der Waals surface area (Å²) in [6.45, 7) is 2.21. The molecule has 1 unspecified atom stereocenters. The number of nitrogens with zero attached hydrogens (tertiary/aromatic N) is 2. The van der Waals surface area contributed by atoms with Gasteiger partial charge < -0.3 is 19.9 Å². The minimum absolute atomic E-state index is 0.257. The van der Waals surface area contributed by atoms with Crippen LogP contribution in [0.2, 0.25) is 0 Å². The molecule has 136 valence electrons. The Morgan fingerprint density at radius 2 is 1.88 bits per heavy atom. The monoisotopic (exact) mass is 353 g/mol. The quantitative estimate of drug-likeness (QED) is 0.906. The number of fused-ring (bicyclic) bond motifs is 1. The van der Waals surface area contributed by atoms with Crippen molar-refractivity contribution in [3.8, 4) is 34.4 Å². The SMILES string of the molecule is COc1ccc(-c2c(C#N)c(N)nc3c2CC(C)CC3)c(OC)c1OC. The van der Waals surface area contributed by atoms with Crippen LogP contribution in [0.4, 0.5) is 5.82 Å². The third-order valence-electron chi connectivity index (χ3n) is 4.92. The van der Waals surface area contributed by atoms with Gasteiger partial charge in [0.25, 0.3) is 0 Å². The van der Waals surface area contributed by atoms with Gasteiger partial charge in [-0.05, 0) is 42.9 Å². The van der Waals surface area contributed by atoms with Crippen LogP contribution in [-0.2, 0) is 12.8 Å². The molecule has 6 nitrogen and oxygen atoms in total. The van der Waals surface area contributed by atoms with Crippen molar-refractivity contribution >= 4 is 5.82 Å². The number of nitriles is 1. The molecule has 1 aliphatic rings. The van der Waals surface area contributed by atoms with Crippen molar-refractivity contribution in [3.63, 3.8) is 0 Å². The first kappa shape index (κ1) is 17.9. The molecule has 1 aromatic heterocycles. The van der Waals surface area contributed by atoms with Gasteiger partial charge in [0, 0.05) is 16.8 Å². The second-order valence-corrected chi connectivity index (χ2v) is 6.51. The predicted molar refractivity (Wildman–Crippen MR) is 99.6 cm³/mol. The Bertz CT molecular complexity index is 887. The lowest BCUT2D eigenvalue weighted by molar-refractivity contribution is 0.325. The van der Waals surface area contributed by atoms with Crippen LogP contribution in [0.5, 0.6) is 17.2 Å². The number of nitrogens with two attached hydrogens (primary N) is 1. The minimum atomic E-state index is 0.257. The zero-order valence-corrected chi connectivity index (χ0v) is 15.5. The summed E-state index contributed by atoms with van der Waals surface area (Å²) in [6.07, 6.45) is 2.77. The summed E-state index contributed by atoms with van der Waals surface area (Å²) in [5.74, 6) is 2.35. The summed E-state index contributed by atoms with van der Waals surface area (Å²) in [5, 5.41) is 9.75. The Morgan fingerprint density at radius 3 is 2.50 bits per heavy atom. The molecule has 0 saturated heterocycles. The molecule has 3 rings (SSSR count). The maximum atomic E-state index is 9.75. The van der Waals surface area contributed by atoms with Crippen molar-refractivity contribution in [3.05, 3.63) is 29.0 Å². The number of nitrogen functional groups attached to an aromatic ring is 1. The van der Waals surface area contributed by atoms with E-state index in [4.69, 9.17) is 19.9 Å². The van der Waals surface area contributed by atoms with Gasteiger partial charge in [0.15, 0.2) is 11.5 Å². The Morgan fingerprint density at radius 1 is 1.15 bits per heavy atom. The van der Waals surface area contributed by atoms with Crippen LogP contribution in [0.25, 0.3) is 11.1 Å². The lowest BCUT2D eigenvalue weighted by Gasteiger charge is -2.26. The van der Waals surface area contributed by atoms with E-state index in [1.807, 2.05) is 12.1 Å². The van der Waals surface area contributed by atoms with Gasteiger partial charge in [0.1, 0.15) is 17.5 Å². The molecule has 0 aliphatic heterocycles. The number of pyridine rings is 1. The molecule has 0 spiro atoms. The van der Waals surface area contributed by atoms with E-state index in [1.165, 1.54) is 0 Å². The summed E-state index contributed by atoms with van der Waals surface area (Å²) in [5.41, 5.74) is 10.1. The van der Waals surface area contributed by atoms with Gasteiger partial charge >= 0.3 is 0 Å². The molecule has 2 aromatic rings.